The minimum atomic E-state index is -3.46. The van der Waals surface area contributed by atoms with Crippen LogP contribution in [-0.4, -0.2) is 26.7 Å². The first-order valence-electron chi connectivity index (χ1n) is 7.03. The molecule has 2 aromatic rings. The second-order valence-electron chi connectivity index (χ2n) is 4.81. The highest BCUT2D eigenvalue weighted by molar-refractivity contribution is 9.10. The Morgan fingerprint density at radius 3 is 2.62 bits per heavy atom. The van der Waals surface area contributed by atoms with Crippen molar-refractivity contribution in [2.75, 3.05) is 17.7 Å². The summed E-state index contributed by atoms with van der Waals surface area (Å²) >= 11 is 3.14. The lowest BCUT2D eigenvalue weighted by molar-refractivity contribution is -0.118. The first-order valence-corrected chi connectivity index (χ1v) is 9.47. The molecule has 0 aliphatic rings. The number of rotatable bonds is 6. The average molecular weight is 416 g/mol. The Labute approximate surface area is 147 Å². The van der Waals surface area contributed by atoms with E-state index in [0.29, 0.717) is 10.2 Å². The van der Waals surface area contributed by atoms with Gasteiger partial charge < -0.3 is 10.1 Å². The molecule has 0 fully saturated rings. The maximum Gasteiger partial charge on any atom is 0.262 e. The van der Waals surface area contributed by atoms with E-state index < -0.39 is 21.6 Å². The summed E-state index contributed by atoms with van der Waals surface area (Å²) < 4.78 is 42.8. The van der Waals surface area contributed by atoms with Gasteiger partial charge in [-0.15, -0.1) is 0 Å². The summed E-state index contributed by atoms with van der Waals surface area (Å²) in [5.74, 6) is -0.720. The van der Waals surface area contributed by atoms with Gasteiger partial charge in [-0.25, -0.2) is 12.8 Å². The molecule has 1 N–H and O–H groups in total. The van der Waals surface area contributed by atoms with E-state index in [1.807, 2.05) is 0 Å². The van der Waals surface area contributed by atoms with Crippen LogP contribution in [0, 0.1) is 5.82 Å². The van der Waals surface area contributed by atoms with Crippen LogP contribution in [0.15, 0.2) is 51.8 Å². The Kier molecular flexibility index (Phi) is 5.95. The minimum absolute atomic E-state index is 0.0591. The van der Waals surface area contributed by atoms with Crippen LogP contribution in [0.25, 0.3) is 0 Å². The smallest absolute Gasteiger partial charge is 0.262 e. The molecular weight excluding hydrogens is 401 g/mol. The predicted octanol–water partition coefficient (Wildman–Crippen LogP) is 3.40. The van der Waals surface area contributed by atoms with E-state index in [2.05, 4.69) is 21.2 Å². The van der Waals surface area contributed by atoms with Gasteiger partial charge in [0.05, 0.1) is 20.8 Å². The van der Waals surface area contributed by atoms with Gasteiger partial charge in [0.1, 0.15) is 11.6 Å². The standard InChI is InChI=1S/C16H15BrFNO4S/c1-2-24(21,22)15-6-4-3-5-13(15)19-16(20)10-23-14-8-7-11(18)9-12(14)17/h3-9H,2,10H2,1H3,(H,19,20). The molecule has 0 unspecified atom stereocenters. The number of amides is 1. The molecule has 1 amide bonds. The van der Waals surface area contributed by atoms with Gasteiger partial charge in [-0.05, 0) is 46.3 Å². The van der Waals surface area contributed by atoms with Crippen molar-refractivity contribution in [3.05, 3.63) is 52.8 Å². The number of anilines is 1. The van der Waals surface area contributed by atoms with Gasteiger partial charge in [0.2, 0.25) is 0 Å². The topological polar surface area (TPSA) is 72.5 Å². The van der Waals surface area contributed by atoms with Crippen LogP contribution in [0.2, 0.25) is 0 Å². The van der Waals surface area contributed by atoms with Gasteiger partial charge in [-0.2, -0.15) is 0 Å². The molecule has 0 bridgehead atoms. The zero-order valence-corrected chi connectivity index (χ0v) is 15.2. The Balaban J connectivity index is 2.08. The predicted molar refractivity (Wildman–Crippen MR) is 92.4 cm³/mol. The molecule has 2 rings (SSSR count). The summed E-state index contributed by atoms with van der Waals surface area (Å²) in [5, 5.41) is 2.52. The third kappa shape index (κ3) is 4.55. The molecular formula is C16H15BrFNO4S. The summed E-state index contributed by atoms with van der Waals surface area (Å²) in [5.41, 5.74) is 0.200. The number of para-hydroxylation sites is 1. The van der Waals surface area contributed by atoms with Crippen LogP contribution in [-0.2, 0) is 14.6 Å². The zero-order chi connectivity index (χ0) is 17.7. The maximum absolute atomic E-state index is 13.0. The van der Waals surface area contributed by atoms with E-state index in [0.717, 1.165) is 0 Å². The number of nitrogens with one attached hydrogen (secondary N) is 1. The number of carbonyl (C=O) groups is 1. The largest absolute Gasteiger partial charge is 0.483 e. The lowest BCUT2D eigenvalue weighted by Gasteiger charge is -2.12. The maximum atomic E-state index is 13.0. The summed E-state index contributed by atoms with van der Waals surface area (Å²) in [7, 11) is -3.46. The van der Waals surface area contributed by atoms with Gasteiger partial charge in [-0.3, -0.25) is 4.79 Å². The molecule has 0 spiro atoms. The van der Waals surface area contributed by atoms with Crippen molar-refractivity contribution in [2.24, 2.45) is 0 Å². The van der Waals surface area contributed by atoms with E-state index in [9.17, 15) is 17.6 Å². The molecule has 0 saturated carbocycles. The van der Waals surface area contributed by atoms with Crippen LogP contribution >= 0.6 is 15.9 Å². The average Bonchev–Trinajstić information content (AvgIpc) is 2.54. The Morgan fingerprint density at radius 2 is 1.96 bits per heavy atom. The monoisotopic (exact) mass is 415 g/mol. The van der Waals surface area contributed by atoms with Crippen molar-refractivity contribution < 1.29 is 22.3 Å². The molecule has 0 aromatic heterocycles. The van der Waals surface area contributed by atoms with E-state index in [1.165, 1.54) is 37.3 Å². The van der Waals surface area contributed by atoms with E-state index in [4.69, 9.17) is 4.74 Å². The quantitative estimate of drug-likeness (QED) is 0.784. The van der Waals surface area contributed by atoms with E-state index in [1.54, 1.807) is 12.1 Å². The fourth-order valence-corrected chi connectivity index (χ4v) is 3.43. The second-order valence-corrected chi connectivity index (χ2v) is 7.91. The van der Waals surface area contributed by atoms with Gasteiger partial charge in [0.15, 0.2) is 16.4 Å². The van der Waals surface area contributed by atoms with Crippen molar-refractivity contribution in [1.29, 1.82) is 0 Å². The number of ether oxygens (including phenoxy) is 1. The van der Waals surface area contributed by atoms with Crippen LogP contribution in [0.1, 0.15) is 6.92 Å². The summed E-state index contributed by atoms with van der Waals surface area (Å²) in [4.78, 5) is 12.1. The summed E-state index contributed by atoms with van der Waals surface area (Å²) in [6, 6.07) is 9.98. The van der Waals surface area contributed by atoms with Crippen molar-refractivity contribution in [2.45, 2.75) is 11.8 Å². The summed E-state index contributed by atoms with van der Waals surface area (Å²) in [6.07, 6.45) is 0. The van der Waals surface area contributed by atoms with E-state index in [-0.39, 0.29) is 22.9 Å². The highest BCUT2D eigenvalue weighted by Crippen LogP contribution is 2.26. The number of sulfone groups is 1. The van der Waals surface area contributed by atoms with E-state index >= 15 is 0 Å². The van der Waals surface area contributed by atoms with Crippen LogP contribution < -0.4 is 10.1 Å². The molecule has 0 aliphatic carbocycles. The van der Waals surface area contributed by atoms with Gasteiger partial charge in [0, 0.05) is 0 Å². The highest BCUT2D eigenvalue weighted by Gasteiger charge is 2.17. The lowest BCUT2D eigenvalue weighted by atomic mass is 10.3. The first kappa shape index (κ1) is 18.4. The molecule has 2 aromatic carbocycles. The minimum Gasteiger partial charge on any atom is -0.483 e. The molecule has 128 valence electrons. The second kappa shape index (κ2) is 7.76. The number of halogens is 2. The lowest BCUT2D eigenvalue weighted by Crippen LogP contribution is -2.21. The Bertz CT molecular complexity index is 855. The summed E-state index contributed by atoms with van der Waals surface area (Å²) in [6.45, 7) is 1.19. The highest BCUT2D eigenvalue weighted by atomic mass is 79.9. The van der Waals surface area contributed by atoms with Crippen molar-refractivity contribution in [3.8, 4) is 5.75 Å². The van der Waals surface area contributed by atoms with Crippen molar-refractivity contribution >= 4 is 37.4 Å². The van der Waals surface area contributed by atoms with Crippen molar-refractivity contribution in [3.63, 3.8) is 0 Å². The third-order valence-electron chi connectivity index (χ3n) is 3.13. The van der Waals surface area contributed by atoms with Crippen LogP contribution in [0.5, 0.6) is 5.75 Å². The van der Waals surface area contributed by atoms with Gasteiger partial charge in [0.25, 0.3) is 5.91 Å². The van der Waals surface area contributed by atoms with Gasteiger partial charge in [-0.1, -0.05) is 19.1 Å². The van der Waals surface area contributed by atoms with Crippen LogP contribution in [0.3, 0.4) is 0 Å². The SMILES string of the molecule is CCS(=O)(=O)c1ccccc1NC(=O)COc1ccc(F)cc1Br. The molecule has 0 aliphatic heterocycles. The third-order valence-corrected chi connectivity index (χ3v) is 5.53. The molecule has 0 heterocycles. The molecule has 0 radical (unpaired) electrons. The molecule has 0 saturated heterocycles. The zero-order valence-electron chi connectivity index (χ0n) is 12.8. The fraction of sp³-hybridized carbons (Fsp3) is 0.188. The normalized spacial score (nSPS) is 11.1. The number of hydrogen-bond acceptors (Lipinski definition) is 4. The first-order chi connectivity index (χ1) is 11.3. The fourth-order valence-electron chi connectivity index (χ4n) is 1.92. The molecule has 0 atom stereocenters. The number of hydrogen-bond donors (Lipinski definition) is 1. The molecule has 5 nitrogen and oxygen atoms in total. The van der Waals surface area contributed by atoms with Crippen LogP contribution in [0.4, 0.5) is 10.1 Å². The Hall–Kier alpha value is -1.93. The number of benzene rings is 2. The van der Waals surface area contributed by atoms with Gasteiger partial charge >= 0.3 is 0 Å². The Morgan fingerprint density at radius 1 is 1.25 bits per heavy atom. The molecule has 24 heavy (non-hydrogen) atoms. The number of carbonyl (C=O) groups excluding carboxylic acids is 1. The molecule has 8 heteroatoms. The van der Waals surface area contributed by atoms with Crippen molar-refractivity contribution in [1.82, 2.24) is 0 Å².